The number of carbonyl (C=O) groups excluding carboxylic acids is 3. The molecule has 0 N–H and O–H groups in total. The fourth-order valence-corrected chi connectivity index (χ4v) is 5.89. The lowest BCUT2D eigenvalue weighted by atomic mass is 9.81. The molecule has 0 saturated carbocycles. The minimum absolute atomic E-state index is 0.202. The number of methoxy groups -OCH3 is 1. The van der Waals surface area contributed by atoms with Gasteiger partial charge < -0.3 is 14.5 Å². The van der Waals surface area contributed by atoms with Crippen molar-refractivity contribution in [2.75, 3.05) is 57.8 Å². The standard InChI is InChI=1S/C32H35FN4O4/c1-41-29(38)24-36-30(39)32(25-12-4-2-5-13-25,26-14-6-3-7-15-26)37(31(36)40)19-11-10-18-34-20-22-35(23-21-34)28-17-9-8-16-27(28)33/h2-9,12-17H,10-11,18-24H2,1H3. The first kappa shape index (κ1) is 28.3. The summed E-state index contributed by atoms with van der Waals surface area (Å²) in [5.74, 6) is -1.32. The zero-order valence-corrected chi connectivity index (χ0v) is 23.2. The van der Waals surface area contributed by atoms with Crippen LogP contribution in [0.4, 0.5) is 14.9 Å². The number of piperazine rings is 1. The van der Waals surface area contributed by atoms with Gasteiger partial charge in [0.05, 0.1) is 12.8 Å². The van der Waals surface area contributed by atoms with Gasteiger partial charge in [0.2, 0.25) is 0 Å². The number of nitrogens with zero attached hydrogens (tertiary/aromatic N) is 4. The summed E-state index contributed by atoms with van der Waals surface area (Å²) in [7, 11) is 1.24. The highest BCUT2D eigenvalue weighted by Crippen LogP contribution is 2.43. The Kier molecular flexibility index (Phi) is 8.64. The van der Waals surface area contributed by atoms with Gasteiger partial charge in [0.25, 0.3) is 5.91 Å². The summed E-state index contributed by atoms with van der Waals surface area (Å²) in [5, 5.41) is 0. The number of hydrogen-bond donors (Lipinski definition) is 0. The van der Waals surface area contributed by atoms with Crippen molar-refractivity contribution in [2.45, 2.75) is 18.4 Å². The van der Waals surface area contributed by atoms with Crippen molar-refractivity contribution in [3.8, 4) is 0 Å². The van der Waals surface area contributed by atoms with Crippen LogP contribution in [0.15, 0.2) is 84.9 Å². The van der Waals surface area contributed by atoms with E-state index in [1.807, 2.05) is 72.8 Å². The van der Waals surface area contributed by atoms with E-state index in [1.165, 1.54) is 13.2 Å². The molecule has 9 heteroatoms. The summed E-state index contributed by atoms with van der Waals surface area (Å²) in [6.45, 7) is 3.85. The highest BCUT2D eigenvalue weighted by molar-refractivity contribution is 6.11. The Morgan fingerprint density at radius 2 is 1.37 bits per heavy atom. The van der Waals surface area contributed by atoms with Crippen molar-refractivity contribution in [1.29, 1.82) is 0 Å². The van der Waals surface area contributed by atoms with Crippen LogP contribution < -0.4 is 4.90 Å². The van der Waals surface area contributed by atoms with Gasteiger partial charge in [-0.25, -0.2) is 9.18 Å². The van der Waals surface area contributed by atoms with Crippen molar-refractivity contribution >= 4 is 23.6 Å². The predicted octanol–water partition coefficient (Wildman–Crippen LogP) is 4.11. The van der Waals surface area contributed by atoms with Crippen molar-refractivity contribution in [3.05, 3.63) is 102 Å². The highest BCUT2D eigenvalue weighted by Gasteiger charge is 2.59. The van der Waals surface area contributed by atoms with Crippen molar-refractivity contribution in [2.24, 2.45) is 0 Å². The van der Waals surface area contributed by atoms with Gasteiger partial charge >= 0.3 is 12.0 Å². The molecule has 3 aromatic rings. The molecule has 0 aliphatic carbocycles. The second-order valence-corrected chi connectivity index (χ2v) is 10.3. The largest absolute Gasteiger partial charge is 0.468 e. The Balaban J connectivity index is 1.31. The number of esters is 1. The van der Waals surface area contributed by atoms with Crippen molar-refractivity contribution in [1.82, 2.24) is 14.7 Å². The molecule has 41 heavy (non-hydrogen) atoms. The first-order chi connectivity index (χ1) is 20.0. The smallest absolute Gasteiger partial charge is 0.328 e. The molecule has 0 atom stereocenters. The Hall–Kier alpha value is -4.24. The minimum atomic E-state index is -1.39. The monoisotopic (exact) mass is 558 g/mol. The van der Waals surface area contributed by atoms with Crippen LogP contribution in [0, 0.1) is 5.82 Å². The van der Waals surface area contributed by atoms with Gasteiger partial charge in [-0.2, -0.15) is 0 Å². The first-order valence-corrected chi connectivity index (χ1v) is 14.0. The fraction of sp³-hybridized carbons (Fsp3) is 0.344. The van der Waals surface area contributed by atoms with Crippen molar-refractivity contribution in [3.63, 3.8) is 0 Å². The van der Waals surface area contributed by atoms with Gasteiger partial charge in [-0.15, -0.1) is 0 Å². The molecule has 5 rings (SSSR count). The molecule has 0 radical (unpaired) electrons. The van der Waals surface area contributed by atoms with E-state index in [2.05, 4.69) is 9.80 Å². The summed E-state index contributed by atoms with van der Waals surface area (Å²) in [4.78, 5) is 47.2. The third-order valence-electron chi connectivity index (χ3n) is 7.99. The molecule has 0 aromatic heterocycles. The third-order valence-corrected chi connectivity index (χ3v) is 7.99. The number of rotatable bonds is 10. The number of carbonyl (C=O) groups is 3. The van der Waals surface area contributed by atoms with Crippen LogP contribution in [0.3, 0.4) is 0 Å². The molecule has 0 bridgehead atoms. The van der Waals surface area contributed by atoms with E-state index >= 15 is 0 Å². The second-order valence-electron chi connectivity index (χ2n) is 10.3. The van der Waals surface area contributed by atoms with Crippen molar-refractivity contribution < 1.29 is 23.5 Å². The number of imide groups is 1. The average Bonchev–Trinajstić information content (AvgIpc) is 3.22. The van der Waals surface area contributed by atoms with Gasteiger partial charge in [-0.3, -0.25) is 19.4 Å². The number of benzene rings is 3. The van der Waals surface area contributed by atoms with E-state index < -0.39 is 30.0 Å². The van der Waals surface area contributed by atoms with Gasteiger partial charge in [0, 0.05) is 32.7 Å². The maximum absolute atomic E-state index is 14.2. The highest BCUT2D eigenvalue weighted by atomic mass is 19.1. The Bertz CT molecular complexity index is 1320. The molecule has 214 valence electrons. The first-order valence-electron chi connectivity index (χ1n) is 14.0. The lowest BCUT2D eigenvalue weighted by molar-refractivity contribution is -0.145. The molecule has 2 heterocycles. The molecule has 2 aliphatic rings. The van der Waals surface area contributed by atoms with Crippen LogP contribution in [0.5, 0.6) is 0 Å². The Labute approximate surface area is 239 Å². The number of urea groups is 1. The van der Waals surface area contributed by atoms with Crippen LogP contribution >= 0.6 is 0 Å². The van der Waals surface area contributed by atoms with E-state index in [1.54, 1.807) is 11.0 Å². The fourth-order valence-electron chi connectivity index (χ4n) is 5.89. The molecule has 3 aromatic carbocycles. The average molecular weight is 559 g/mol. The van der Waals surface area contributed by atoms with Crippen LogP contribution in [-0.4, -0.2) is 85.5 Å². The number of para-hydroxylation sites is 1. The number of halogens is 1. The molecular weight excluding hydrogens is 523 g/mol. The van der Waals surface area contributed by atoms with Crippen LogP contribution in [0.25, 0.3) is 0 Å². The van der Waals surface area contributed by atoms with Gasteiger partial charge in [-0.05, 0) is 42.6 Å². The topological polar surface area (TPSA) is 73.4 Å². The number of hydrogen-bond acceptors (Lipinski definition) is 6. The summed E-state index contributed by atoms with van der Waals surface area (Å²) in [6.07, 6.45) is 1.48. The summed E-state index contributed by atoms with van der Waals surface area (Å²) in [5.41, 5.74) is 0.584. The minimum Gasteiger partial charge on any atom is -0.468 e. The molecule has 2 fully saturated rings. The SMILES string of the molecule is COC(=O)CN1C(=O)N(CCCCN2CCN(c3ccccc3F)CC2)C(c2ccccc2)(c2ccccc2)C1=O. The number of anilines is 1. The summed E-state index contributed by atoms with van der Waals surface area (Å²) >= 11 is 0. The maximum Gasteiger partial charge on any atom is 0.328 e. The van der Waals surface area contributed by atoms with Gasteiger partial charge in [0.1, 0.15) is 12.4 Å². The summed E-state index contributed by atoms with van der Waals surface area (Å²) in [6, 6.07) is 24.9. The molecule has 2 aliphatic heterocycles. The number of unbranched alkanes of at least 4 members (excludes halogenated alkanes) is 1. The molecular formula is C32H35FN4O4. The summed E-state index contributed by atoms with van der Waals surface area (Å²) < 4.78 is 19.0. The van der Waals surface area contributed by atoms with Crippen LogP contribution in [-0.2, 0) is 19.9 Å². The zero-order chi connectivity index (χ0) is 28.8. The van der Waals surface area contributed by atoms with E-state index in [0.29, 0.717) is 29.8 Å². The Morgan fingerprint density at radius 3 is 1.95 bits per heavy atom. The third kappa shape index (κ3) is 5.54. The lowest BCUT2D eigenvalue weighted by Crippen LogP contribution is -2.49. The van der Waals surface area contributed by atoms with E-state index in [4.69, 9.17) is 4.74 Å². The van der Waals surface area contributed by atoms with E-state index in [0.717, 1.165) is 44.0 Å². The molecule has 8 nitrogen and oxygen atoms in total. The molecule has 2 saturated heterocycles. The number of ether oxygens (including phenoxy) is 1. The zero-order valence-electron chi connectivity index (χ0n) is 23.2. The second kappa shape index (κ2) is 12.5. The van der Waals surface area contributed by atoms with E-state index in [9.17, 15) is 18.8 Å². The van der Waals surface area contributed by atoms with Gasteiger partial charge in [-0.1, -0.05) is 72.8 Å². The Morgan fingerprint density at radius 1 is 0.805 bits per heavy atom. The maximum atomic E-state index is 14.2. The molecule has 0 unspecified atom stereocenters. The lowest BCUT2D eigenvalue weighted by Gasteiger charge is -2.37. The quantitative estimate of drug-likeness (QED) is 0.212. The number of amides is 3. The molecule has 3 amide bonds. The van der Waals surface area contributed by atoms with Gasteiger partial charge in [0.15, 0.2) is 5.54 Å². The predicted molar refractivity (Wildman–Crippen MR) is 154 cm³/mol. The molecule has 0 spiro atoms. The van der Waals surface area contributed by atoms with Crippen LogP contribution in [0.2, 0.25) is 0 Å². The van der Waals surface area contributed by atoms with Crippen LogP contribution in [0.1, 0.15) is 24.0 Å². The normalized spacial score (nSPS) is 17.3. The van der Waals surface area contributed by atoms with E-state index in [-0.39, 0.29) is 5.82 Å².